The van der Waals surface area contributed by atoms with Crippen molar-refractivity contribution in [1.29, 1.82) is 0 Å². The number of likely N-dealkylation sites (tertiary alicyclic amines) is 1. The molecule has 1 saturated heterocycles. The lowest BCUT2D eigenvalue weighted by Gasteiger charge is -2.36. The van der Waals surface area contributed by atoms with Gasteiger partial charge < -0.3 is 45.3 Å². The lowest BCUT2D eigenvalue weighted by Crippen LogP contribution is -2.57. The molecule has 408 valence electrons. The van der Waals surface area contributed by atoms with E-state index in [9.17, 15) is 37.5 Å². The third-order valence-corrected chi connectivity index (χ3v) is 15.4. The van der Waals surface area contributed by atoms with Crippen LogP contribution in [0.15, 0.2) is 102 Å². The second-order valence-electron chi connectivity index (χ2n) is 20.5. The fourth-order valence-electron chi connectivity index (χ4n) is 8.78. The van der Waals surface area contributed by atoms with Crippen LogP contribution in [0.3, 0.4) is 0 Å². The Morgan fingerprint density at radius 3 is 2.17 bits per heavy atom. The molecule has 0 saturated carbocycles. The van der Waals surface area contributed by atoms with E-state index in [0.717, 1.165) is 11.1 Å². The number of aliphatic hydroxyl groups excluding tert-OH is 1. The fourth-order valence-corrected chi connectivity index (χ4v) is 10.4. The summed E-state index contributed by atoms with van der Waals surface area (Å²) in [6.45, 7) is 12.0. The molecule has 5 N–H and O–H groups in total. The number of ether oxygens (including phenoxy) is 4. The number of amides is 3. The standard InChI is InChI=1S/C57H77N5O12S/c1-10-57(6,7)53(65)55(67)62-30-15-14-21-46(62)56(68)74-48(28-22-40-23-29-49(71-8)50(32-40)72-9)41-19-16-20-43(33-41)73-36-51(64)60-52(38(4)5)54(66)59-45(31-39-17-12-11-13-18-39)47(63)35-61(34-37(2)3)75(69,70)44-26-24-42(58)25-27-44/h11-13,16-20,23-27,29,32-33,37-38,45-48,52,63H,10,14-15,21-22,28,30-31,34-36,58H2,1-9H3,(H,59,66)(H,60,64)/t45-,46-,47+,48+,52-/m0/s1. The minimum absolute atomic E-state index is 0.0148. The number of nitrogens with zero attached hydrogens (tertiary/aromatic N) is 2. The summed E-state index contributed by atoms with van der Waals surface area (Å²) < 4.78 is 52.3. The third kappa shape index (κ3) is 16.5. The first kappa shape index (κ1) is 59.4. The molecule has 1 fully saturated rings. The molecule has 17 nitrogen and oxygen atoms in total. The largest absolute Gasteiger partial charge is 0.493 e. The molecule has 75 heavy (non-hydrogen) atoms. The number of methoxy groups -OCH3 is 2. The molecule has 0 radical (unpaired) electrons. The SMILES string of the molecule is CCC(C)(C)C(=O)C(=O)N1CCCC[C@H]1C(=O)O[C@H](CCc1ccc(OC)c(OC)c1)c1cccc(OCC(=O)N[C@H](C(=O)N[C@@H](Cc2ccccc2)[C@H](O)CN(CC(C)C)S(=O)(=O)c2ccc(N)cc2)C(C)C)c1. The van der Waals surface area contributed by atoms with Crippen molar-refractivity contribution < 1.29 is 56.4 Å². The predicted molar refractivity (Wildman–Crippen MR) is 286 cm³/mol. The van der Waals surface area contributed by atoms with Gasteiger partial charge in [0.1, 0.15) is 23.9 Å². The number of aryl methyl sites for hydroxylation is 1. The highest BCUT2D eigenvalue weighted by atomic mass is 32.2. The number of piperidine rings is 1. The first-order valence-electron chi connectivity index (χ1n) is 25.7. The monoisotopic (exact) mass is 1060 g/mol. The zero-order valence-electron chi connectivity index (χ0n) is 44.9. The lowest BCUT2D eigenvalue weighted by molar-refractivity contribution is -0.164. The molecular formula is C57H77N5O12S. The van der Waals surface area contributed by atoms with Gasteiger partial charge in [0.05, 0.1) is 31.3 Å². The first-order valence-corrected chi connectivity index (χ1v) is 27.2. The summed E-state index contributed by atoms with van der Waals surface area (Å²) in [4.78, 5) is 70.4. The molecule has 4 aromatic rings. The zero-order chi connectivity index (χ0) is 55.0. The average Bonchev–Trinajstić information content (AvgIpc) is 3.39. The number of sulfonamides is 1. The Morgan fingerprint density at radius 1 is 0.840 bits per heavy atom. The minimum atomic E-state index is -4.09. The normalized spacial score (nSPS) is 15.6. The summed E-state index contributed by atoms with van der Waals surface area (Å²) >= 11 is 0. The molecule has 1 aliphatic rings. The summed E-state index contributed by atoms with van der Waals surface area (Å²) in [5.74, 6) is -2.28. The molecule has 0 aromatic heterocycles. The van der Waals surface area contributed by atoms with Crippen LogP contribution in [0.25, 0.3) is 0 Å². The molecule has 0 spiro atoms. The first-order chi connectivity index (χ1) is 35.6. The number of aliphatic hydroxyl groups is 1. The van der Waals surface area contributed by atoms with Gasteiger partial charge in [-0.25, -0.2) is 13.2 Å². The highest BCUT2D eigenvalue weighted by molar-refractivity contribution is 7.89. The number of rotatable bonds is 27. The number of Topliss-reactive ketones (excluding diaryl/α,β-unsaturated/α-hetero) is 1. The van der Waals surface area contributed by atoms with Crippen molar-refractivity contribution in [3.8, 4) is 17.2 Å². The van der Waals surface area contributed by atoms with Gasteiger partial charge in [-0.05, 0) is 122 Å². The van der Waals surface area contributed by atoms with Crippen molar-refractivity contribution in [1.82, 2.24) is 19.8 Å². The van der Waals surface area contributed by atoms with Gasteiger partial charge >= 0.3 is 5.97 Å². The van der Waals surface area contributed by atoms with E-state index in [4.69, 9.17) is 24.7 Å². The summed E-state index contributed by atoms with van der Waals surface area (Å²) in [6, 6.07) is 24.3. The summed E-state index contributed by atoms with van der Waals surface area (Å²) in [6.07, 6.45) is 0.762. The van der Waals surface area contributed by atoms with Gasteiger partial charge in [-0.3, -0.25) is 19.2 Å². The molecule has 3 amide bonds. The van der Waals surface area contributed by atoms with E-state index in [-0.39, 0.29) is 42.6 Å². The smallest absolute Gasteiger partial charge is 0.329 e. The van der Waals surface area contributed by atoms with E-state index < -0.39 is 87.8 Å². The van der Waals surface area contributed by atoms with Crippen molar-refractivity contribution in [3.63, 3.8) is 0 Å². The maximum Gasteiger partial charge on any atom is 0.329 e. The van der Waals surface area contributed by atoms with Crippen LogP contribution in [0.4, 0.5) is 5.69 Å². The summed E-state index contributed by atoms with van der Waals surface area (Å²) in [5, 5.41) is 17.6. The van der Waals surface area contributed by atoms with Crippen molar-refractivity contribution >= 4 is 45.2 Å². The van der Waals surface area contributed by atoms with Crippen LogP contribution in [0.1, 0.15) is 103 Å². The number of hydrogen-bond acceptors (Lipinski definition) is 13. The molecule has 0 unspecified atom stereocenters. The van der Waals surface area contributed by atoms with Gasteiger partial charge in [-0.15, -0.1) is 0 Å². The molecule has 4 aromatic carbocycles. The Morgan fingerprint density at radius 2 is 1.53 bits per heavy atom. The molecule has 0 aliphatic carbocycles. The number of nitrogens with two attached hydrogens (primary N) is 1. The van der Waals surface area contributed by atoms with Gasteiger partial charge in [-0.2, -0.15) is 4.31 Å². The van der Waals surface area contributed by atoms with Gasteiger partial charge in [0.15, 0.2) is 18.1 Å². The van der Waals surface area contributed by atoms with E-state index in [1.165, 1.54) is 33.5 Å². The summed E-state index contributed by atoms with van der Waals surface area (Å²) in [7, 11) is -0.999. The number of benzene rings is 4. The predicted octanol–water partition coefficient (Wildman–Crippen LogP) is 6.84. The zero-order valence-corrected chi connectivity index (χ0v) is 45.7. The van der Waals surface area contributed by atoms with Gasteiger partial charge in [-0.1, -0.05) is 97.0 Å². The number of nitrogens with one attached hydrogen (secondary N) is 2. The van der Waals surface area contributed by atoms with E-state index in [0.29, 0.717) is 61.3 Å². The lowest BCUT2D eigenvalue weighted by atomic mass is 9.84. The van der Waals surface area contributed by atoms with E-state index >= 15 is 0 Å². The van der Waals surface area contributed by atoms with Crippen LogP contribution in [-0.2, 0) is 51.6 Å². The van der Waals surface area contributed by atoms with Gasteiger partial charge in [0, 0.05) is 30.7 Å². The number of ketones is 1. The van der Waals surface area contributed by atoms with Crippen LogP contribution in [0, 0.1) is 17.3 Å². The van der Waals surface area contributed by atoms with Crippen molar-refractivity contribution in [3.05, 3.63) is 114 Å². The van der Waals surface area contributed by atoms with Crippen LogP contribution in [0.2, 0.25) is 0 Å². The Hall–Kier alpha value is -6.50. The van der Waals surface area contributed by atoms with Crippen molar-refractivity contribution in [2.45, 2.75) is 129 Å². The van der Waals surface area contributed by atoms with Crippen LogP contribution >= 0.6 is 0 Å². The highest BCUT2D eigenvalue weighted by Gasteiger charge is 2.41. The van der Waals surface area contributed by atoms with Crippen molar-refractivity contribution in [2.24, 2.45) is 17.3 Å². The number of hydrogen-bond donors (Lipinski definition) is 4. The quantitative estimate of drug-likeness (QED) is 0.0272. The Balaban J connectivity index is 1.33. The molecule has 0 bridgehead atoms. The second-order valence-corrected chi connectivity index (χ2v) is 22.5. The number of carbonyl (C=O) groups excluding carboxylic acids is 5. The molecule has 18 heteroatoms. The maximum absolute atomic E-state index is 14.2. The second kappa shape index (κ2) is 27.3. The van der Waals surface area contributed by atoms with E-state index in [1.54, 1.807) is 72.2 Å². The molecular weight excluding hydrogens is 979 g/mol. The summed E-state index contributed by atoms with van der Waals surface area (Å²) in [5.41, 5.74) is 7.55. The van der Waals surface area contributed by atoms with E-state index in [2.05, 4.69) is 10.6 Å². The van der Waals surface area contributed by atoms with Gasteiger partial charge in [0.2, 0.25) is 21.7 Å². The number of nitrogen functional groups attached to an aromatic ring is 1. The average molecular weight is 1060 g/mol. The minimum Gasteiger partial charge on any atom is -0.493 e. The Labute approximate surface area is 442 Å². The highest BCUT2D eigenvalue weighted by Crippen LogP contribution is 2.33. The molecule has 1 aliphatic heterocycles. The van der Waals surface area contributed by atoms with Crippen molar-refractivity contribution in [2.75, 3.05) is 46.2 Å². The third-order valence-electron chi connectivity index (χ3n) is 13.6. The van der Waals surface area contributed by atoms with E-state index in [1.807, 2.05) is 63.2 Å². The number of esters is 1. The molecule has 5 rings (SSSR count). The van der Waals surface area contributed by atoms with Crippen LogP contribution in [0.5, 0.6) is 17.2 Å². The van der Waals surface area contributed by atoms with Crippen LogP contribution < -0.4 is 30.6 Å². The Bertz CT molecular complexity index is 2660. The van der Waals surface area contributed by atoms with Crippen LogP contribution in [-0.4, -0.2) is 117 Å². The maximum atomic E-state index is 14.2. The molecule has 5 atom stereocenters. The molecule has 1 heterocycles. The number of anilines is 1. The Kier molecular flexibility index (Phi) is 21.6. The van der Waals surface area contributed by atoms with Gasteiger partial charge in [0.25, 0.3) is 11.8 Å². The topological polar surface area (TPSA) is 233 Å². The number of carbonyl (C=O) groups is 5. The fraction of sp³-hybridized carbons (Fsp3) is 0.491.